The molecule has 1 N–H and O–H groups in total. The third-order valence-corrected chi connectivity index (χ3v) is 11.0. The van der Waals surface area contributed by atoms with E-state index in [9.17, 15) is 19.5 Å². The normalized spacial score (nSPS) is 40.0. The number of hydrogen-bond acceptors (Lipinski definition) is 7. The van der Waals surface area contributed by atoms with Crippen molar-refractivity contribution in [1.82, 2.24) is 5.06 Å². The Hall–Kier alpha value is -2.61. The lowest BCUT2D eigenvalue weighted by atomic mass is 9.47. The van der Waals surface area contributed by atoms with Gasteiger partial charge in [-0.3, -0.25) is 19.2 Å². The lowest BCUT2D eigenvalue weighted by Crippen LogP contribution is -2.63. The predicted molar refractivity (Wildman–Crippen MR) is 149 cm³/mol. The Balaban J connectivity index is 1.29. The van der Waals surface area contributed by atoms with Crippen molar-refractivity contribution in [3.05, 3.63) is 59.7 Å². The van der Waals surface area contributed by atoms with Crippen LogP contribution in [0.5, 0.6) is 0 Å². The summed E-state index contributed by atoms with van der Waals surface area (Å²) in [5, 5.41) is 13.8. The Morgan fingerprint density at radius 2 is 1.98 bits per heavy atom. The van der Waals surface area contributed by atoms with Crippen molar-refractivity contribution in [3.8, 4) is 0 Å². The van der Waals surface area contributed by atoms with Crippen LogP contribution in [-0.2, 0) is 30.4 Å². The number of aliphatic hydroxyl groups excluding tert-OH is 1. The zero-order valence-corrected chi connectivity index (χ0v) is 23.8. The SMILES string of the molecule is CC(=O)OCC(=O)[C@@]12ON(CCCc3ccccc3)C[C@@H]1C[C@H]1[C@@H]3CC=C4CC(=O)C=C[C@]4(C)[C@H]3[C@@H](O)C[C@@]12C. The molecule has 0 spiro atoms. The summed E-state index contributed by atoms with van der Waals surface area (Å²) in [4.78, 5) is 44.7. The number of nitrogens with zero attached hydrogens (tertiary/aromatic N) is 1. The molecule has 40 heavy (non-hydrogen) atoms. The van der Waals surface area contributed by atoms with Gasteiger partial charge < -0.3 is 9.84 Å². The number of carbonyl (C=O) groups excluding carboxylic acids is 3. The van der Waals surface area contributed by atoms with Gasteiger partial charge in [-0.05, 0) is 55.6 Å². The monoisotopic (exact) mass is 547 g/mol. The molecule has 7 heteroatoms. The molecule has 2 saturated carbocycles. The van der Waals surface area contributed by atoms with E-state index in [2.05, 4.69) is 32.1 Å². The Morgan fingerprint density at radius 3 is 2.73 bits per heavy atom. The highest BCUT2D eigenvalue weighted by atomic mass is 16.7. The van der Waals surface area contributed by atoms with Crippen molar-refractivity contribution >= 4 is 17.5 Å². The van der Waals surface area contributed by atoms with Crippen LogP contribution in [0.25, 0.3) is 0 Å². The number of ether oxygens (including phenoxy) is 1. The summed E-state index contributed by atoms with van der Waals surface area (Å²) in [5.41, 5.74) is 0.264. The summed E-state index contributed by atoms with van der Waals surface area (Å²) in [6.07, 6.45) is 9.55. The lowest BCUT2D eigenvalue weighted by Gasteiger charge is -2.59. The van der Waals surface area contributed by atoms with Crippen LogP contribution < -0.4 is 0 Å². The van der Waals surface area contributed by atoms with Crippen LogP contribution in [0.3, 0.4) is 0 Å². The van der Waals surface area contributed by atoms with Gasteiger partial charge in [-0.25, -0.2) is 0 Å². The maximum atomic E-state index is 14.1. The van der Waals surface area contributed by atoms with E-state index in [1.54, 1.807) is 6.08 Å². The van der Waals surface area contributed by atoms with Crippen molar-refractivity contribution < 1.29 is 29.1 Å². The minimum absolute atomic E-state index is 0.0173. The van der Waals surface area contributed by atoms with Crippen molar-refractivity contribution in [3.63, 3.8) is 0 Å². The Labute approximate surface area is 236 Å². The van der Waals surface area contributed by atoms with Gasteiger partial charge in [0.25, 0.3) is 0 Å². The average molecular weight is 548 g/mol. The summed E-state index contributed by atoms with van der Waals surface area (Å²) < 4.78 is 5.25. The molecular weight excluding hydrogens is 506 g/mol. The van der Waals surface area contributed by atoms with Crippen molar-refractivity contribution in [2.75, 3.05) is 19.7 Å². The lowest BCUT2D eigenvalue weighted by molar-refractivity contribution is -0.250. The van der Waals surface area contributed by atoms with Gasteiger partial charge in [-0.1, -0.05) is 61.9 Å². The van der Waals surface area contributed by atoms with E-state index < -0.39 is 23.1 Å². The molecule has 4 aliphatic carbocycles. The zero-order chi connectivity index (χ0) is 28.3. The molecule has 8 atom stereocenters. The fraction of sp³-hybridized carbons (Fsp3) is 0.606. The molecule has 0 aromatic heterocycles. The molecule has 6 rings (SSSR count). The van der Waals surface area contributed by atoms with Crippen LogP contribution >= 0.6 is 0 Å². The summed E-state index contributed by atoms with van der Waals surface area (Å²) >= 11 is 0. The number of allylic oxidation sites excluding steroid dienone is 4. The van der Waals surface area contributed by atoms with Gasteiger partial charge in [0.05, 0.1) is 6.10 Å². The molecular formula is C33H41NO6. The number of rotatable bonds is 7. The third-order valence-electron chi connectivity index (χ3n) is 11.0. The van der Waals surface area contributed by atoms with E-state index in [1.165, 1.54) is 12.5 Å². The number of hydroxylamine groups is 2. The fourth-order valence-corrected chi connectivity index (χ4v) is 9.36. The number of ketones is 2. The van der Waals surface area contributed by atoms with E-state index in [0.717, 1.165) is 31.3 Å². The summed E-state index contributed by atoms with van der Waals surface area (Å²) in [7, 11) is 0. The maximum absolute atomic E-state index is 14.1. The van der Waals surface area contributed by atoms with Gasteiger partial charge in [0, 0.05) is 49.1 Å². The fourth-order valence-electron chi connectivity index (χ4n) is 9.36. The van der Waals surface area contributed by atoms with Gasteiger partial charge in [0.15, 0.2) is 18.0 Å². The molecule has 0 radical (unpaired) electrons. The Bertz CT molecular complexity index is 1260. The second-order valence-corrected chi connectivity index (χ2v) is 13.1. The quantitative estimate of drug-likeness (QED) is 0.403. The molecule has 0 amide bonds. The molecule has 1 aliphatic heterocycles. The van der Waals surface area contributed by atoms with Crippen molar-refractivity contribution in [1.29, 1.82) is 0 Å². The standard InChI is InChI=1S/C33H41NO6/c1-21(35)39-20-29(38)33-24(19-34(40-33)15-7-10-22-8-5-4-6-9-22)17-27-26-12-11-23-16-25(36)13-14-31(23,2)30(26)28(37)18-32(27,33)3/h4-6,8-9,11,13-14,24,26-28,30,37H,7,10,12,15-20H2,1-3H3/t24-,26-,27-,28-,30+,31-,32-,33-/m0/s1. The van der Waals surface area contributed by atoms with Gasteiger partial charge in [-0.15, -0.1) is 0 Å². The minimum Gasteiger partial charge on any atom is -0.458 e. The van der Waals surface area contributed by atoms with Crippen LogP contribution in [0, 0.1) is 34.5 Å². The second-order valence-electron chi connectivity index (χ2n) is 13.1. The van der Waals surface area contributed by atoms with Gasteiger partial charge >= 0.3 is 5.97 Å². The summed E-state index contributed by atoms with van der Waals surface area (Å²) in [6, 6.07) is 10.3. The average Bonchev–Trinajstić information content (AvgIpc) is 3.40. The highest BCUT2D eigenvalue weighted by molar-refractivity contribution is 5.93. The van der Waals surface area contributed by atoms with Crippen LogP contribution in [0.1, 0.15) is 58.4 Å². The van der Waals surface area contributed by atoms with Crippen LogP contribution in [0.2, 0.25) is 0 Å². The van der Waals surface area contributed by atoms with Gasteiger partial charge in [-0.2, -0.15) is 5.06 Å². The van der Waals surface area contributed by atoms with E-state index in [1.807, 2.05) is 29.3 Å². The Morgan fingerprint density at radius 1 is 1.20 bits per heavy atom. The van der Waals surface area contributed by atoms with E-state index in [-0.39, 0.29) is 47.3 Å². The summed E-state index contributed by atoms with van der Waals surface area (Å²) in [5.74, 6) is -0.303. The molecule has 1 aromatic carbocycles. The number of hydrogen-bond donors (Lipinski definition) is 1. The molecule has 3 fully saturated rings. The first-order valence-corrected chi connectivity index (χ1v) is 14.8. The Kier molecular flexibility index (Phi) is 6.91. The second kappa shape index (κ2) is 10.0. The minimum atomic E-state index is -1.14. The van der Waals surface area contributed by atoms with E-state index >= 15 is 0 Å². The molecule has 7 nitrogen and oxygen atoms in total. The number of aliphatic hydroxyl groups is 1. The van der Waals surface area contributed by atoms with Crippen LogP contribution in [0.15, 0.2) is 54.1 Å². The molecule has 0 unspecified atom stereocenters. The molecule has 1 heterocycles. The number of benzene rings is 1. The van der Waals surface area contributed by atoms with E-state index in [4.69, 9.17) is 9.57 Å². The van der Waals surface area contributed by atoms with Crippen LogP contribution in [0.4, 0.5) is 0 Å². The number of aryl methyl sites for hydroxylation is 1. The molecule has 5 aliphatic rings. The van der Waals surface area contributed by atoms with Crippen molar-refractivity contribution in [2.45, 2.75) is 71.0 Å². The summed E-state index contributed by atoms with van der Waals surface area (Å²) in [6.45, 7) is 6.63. The van der Waals surface area contributed by atoms with Crippen LogP contribution in [-0.4, -0.2) is 59.1 Å². The highest BCUT2D eigenvalue weighted by Gasteiger charge is 2.75. The first-order valence-electron chi connectivity index (χ1n) is 14.8. The zero-order valence-electron chi connectivity index (χ0n) is 23.8. The molecule has 1 saturated heterocycles. The smallest absolute Gasteiger partial charge is 0.303 e. The predicted octanol–water partition coefficient (Wildman–Crippen LogP) is 4.24. The van der Waals surface area contributed by atoms with E-state index in [0.29, 0.717) is 25.9 Å². The molecule has 1 aromatic rings. The molecule has 214 valence electrons. The number of fused-ring (bicyclic) bond motifs is 7. The highest BCUT2D eigenvalue weighted by Crippen LogP contribution is 2.70. The third kappa shape index (κ3) is 4.15. The first kappa shape index (κ1) is 27.6. The van der Waals surface area contributed by atoms with Gasteiger partial charge in [0.1, 0.15) is 0 Å². The topological polar surface area (TPSA) is 93.1 Å². The largest absolute Gasteiger partial charge is 0.458 e. The van der Waals surface area contributed by atoms with Gasteiger partial charge in [0.2, 0.25) is 5.78 Å². The maximum Gasteiger partial charge on any atom is 0.303 e. The number of esters is 1. The number of carbonyl (C=O) groups is 3. The first-order chi connectivity index (χ1) is 19.1. The molecule has 0 bridgehead atoms. The number of Topliss-reactive ketones (excluding diaryl/α,β-unsaturated/α-hetero) is 1. The van der Waals surface area contributed by atoms with Crippen molar-refractivity contribution in [2.24, 2.45) is 34.5 Å².